The van der Waals surface area contributed by atoms with Crippen molar-refractivity contribution in [1.82, 2.24) is 0 Å². The number of rotatable bonds is 30. The number of fused-ring (bicyclic) bond motifs is 10. The topological polar surface area (TPSA) is 538 Å². The SMILES string of the molecule is C.C.C=CCOC(=O)c1cc(OCC=C)c2c(c1)C(=O)c1cccc(OCC=C)c1C2=O.C=CCOc1cccc2c1C(=O)c1c(OCC=C)cc(C(=O)N=[N+]=[N-])cc1C2=O.C=CCOc1cccc2c1C(=O)c1c(OCC=C)cc(C(=O)O)cc1C2=O.C=CCOc1cccc2c1C(=O)c1c(OCC=C)cc(N)cc1C2=O.O=C(O)c1cc(O)c2c(c1)C(=O)c1cccc(O)c1C2=O.[Na+].[Na+].[OH-].[OH-]. The van der Waals surface area contributed by atoms with E-state index in [0.717, 1.165) is 12.1 Å². The summed E-state index contributed by atoms with van der Waals surface area (Å²) < 4.78 is 49.5. The van der Waals surface area contributed by atoms with Crippen LogP contribution in [0.15, 0.2) is 271 Å². The van der Waals surface area contributed by atoms with Crippen molar-refractivity contribution in [3.63, 3.8) is 0 Å². The summed E-state index contributed by atoms with van der Waals surface area (Å²) in [6.45, 7) is 33.2. The number of azide groups is 1. The van der Waals surface area contributed by atoms with Crippen molar-refractivity contribution in [1.29, 1.82) is 0 Å². The summed E-state index contributed by atoms with van der Waals surface area (Å²) in [5.41, 5.74) is 15.7. The van der Waals surface area contributed by atoms with Crippen LogP contribution in [0.3, 0.4) is 0 Å². The molecule has 694 valence electrons. The fraction of sp³-hybridized carbons (Fsp3) is 0.107. The molecule has 0 fully saturated rings. The van der Waals surface area contributed by atoms with E-state index in [-0.39, 0.29) is 330 Å². The number of benzene rings is 10. The van der Waals surface area contributed by atoms with Crippen LogP contribution in [-0.2, 0) is 4.74 Å². The zero-order valence-electron chi connectivity index (χ0n) is 72.8. The van der Waals surface area contributed by atoms with Crippen molar-refractivity contribution in [2.75, 3.05) is 65.2 Å². The Bertz CT molecular complexity index is 6770. The molecule has 138 heavy (non-hydrogen) atoms. The van der Waals surface area contributed by atoms with Gasteiger partial charge in [0.15, 0.2) is 28.9 Å². The summed E-state index contributed by atoms with van der Waals surface area (Å²) in [7, 11) is 0. The van der Waals surface area contributed by atoms with Crippen LogP contribution in [0.4, 0.5) is 5.69 Å². The van der Waals surface area contributed by atoms with Gasteiger partial charge in [0.25, 0.3) is 0 Å². The molecule has 1 amide bonds. The van der Waals surface area contributed by atoms with Crippen molar-refractivity contribution < 1.29 is 200 Å². The van der Waals surface area contributed by atoms with Gasteiger partial charge in [0, 0.05) is 77.9 Å². The van der Waals surface area contributed by atoms with E-state index in [1.807, 2.05) is 0 Å². The Hall–Kier alpha value is -16.3. The maximum absolute atomic E-state index is 13.4. The fourth-order valence-electron chi connectivity index (χ4n) is 14.2. The van der Waals surface area contributed by atoms with Crippen LogP contribution in [0, 0.1) is 0 Å². The molecule has 35 heteroatoms. The molecule has 0 spiro atoms. The molecule has 0 bridgehead atoms. The standard InChI is InChI=1S/C24H20O6.C21H15N3O5.C21H16O6.C20H17NO4.C15H8O6.2CH4.2Na.2H2O/c1-4-10-28-18-9-7-8-16-20(18)23(26)21-17(22(16)25)13-15(24(27)30-12-6-3)14-19(21)29-11-5-2;1-3-8-28-15-7-5-6-13-17(15)20(26)18-14(19(13)25)10-12(21(27)23-24-22)11-16(18)29-9-4-2;1-3-8-26-15-7-5-6-13-17(15)20(23)18-14(19(13)22)10-12(21(24)25)11-16(18)27-9-4-2;1-3-8-24-15-7-5-6-13-17(15)20(23)18-14(19(13)22)10-12(21)11-16(18)25-9-4-2;16-9-3-1-2-7-11(9)14(19)12-8(13(7)18)4-6(15(20)21)5-10(12)17;;;;;;/h4-9,13-14H,1-3,10-12H2;3-7,10-11H,1-2,8-9H2;3-7,10-11H,1-2,8-9H2,(H,24,25);3-7,10-11H,1-2,8-9,21H2;1-5,16-17H,(H,20,21);2*1H4;;;2*1H2/q;;;;;;;2*+1;;/p-2. The van der Waals surface area contributed by atoms with E-state index in [4.69, 9.17) is 59.0 Å². The number of aromatic carboxylic acids is 2. The molecule has 15 rings (SSSR count). The van der Waals surface area contributed by atoms with Gasteiger partial charge in [-0.3, -0.25) is 52.7 Å². The van der Waals surface area contributed by atoms with Gasteiger partial charge in [0.2, 0.25) is 34.8 Å². The van der Waals surface area contributed by atoms with E-state index in [1.165, 1.54) is 115 Å². The Morgan fingerprint density at radius 1 is 0.304 bits per heavy atom. The maximum Gasteiger partial charge on any atom is 1.00 e. The van der Waals surface area contributed by atoms with E-state index in [2.05, 4.69) is 69.2 Å². The smallest absolute Gasteiger partial charge is 0.870 e. The number of hydrogen-bond donors (Lipinski definition) is 5. The van der Waals surface area contributed by atoms with Crippen molar-refractivity contribution in [2.24, 2.45) is 5.11 Å². The van der Waals surface area contributed by atoms with Gasteiger partial charge >= 0.3 is 77.0 Å². The summed E-state index contributed by atoms with van der Waals surface area (Å²) in [5.74, 6) is -8.21. The minimum atomic E-state index is -1.32. The Kier molecular flexibility index (Phi) is 41.2. The number of ketones is 10. The predicted molar refractivity (Wildman–Crippen MR) is 497 cm³/mol. The third-order valence-electron chi connectivity index (χ3n) is 19.7. The molecule has 0 atom stereocenters. The third-order valence-corrected chi connectivity index (χ3v) is 19.7. The number of phenols is 2. The number of anilines is 1. The molecule has 8 N–H and O–H groups in total. The molecule has 5 aliphatic rings. The van der Waals surface area contributed by atoms with E-state index in [1.54, 1.807) is 78.9 Å². The third kappa shape index (κ3) is 23.3. The van der Waals surface area contributed by atoms with Crippen LogP contribution < -0.4 is 103 Å². The minimum absolute atomic E-state index is 0. The molecule has 10 aromatic carbocycles. The largest absolute Gasteiger partial charge is 1.00 e. The van der Waals surface area contributed by atoms with Gasteiger partial charge in [-0.2, -0.15) is 0 Å². The van der Waals surface area contributed by atoms with Gasteiger partial charge in [0.05, 0.1) is 72.3 Å². The number of nitrogen functional groups attached to an aromatic ring is 1. The Morgan fingerprint density at radius 2 is 0.543 bits per heavy atom. The van der Waals surface area contributed by atoms with Crippen molar-refractivity contribution in [3.8, 4) is 57.5 Å². The number of hydrogen-bond acceptors (Lipinski definition) is 28. The van der Waals surface area contributed by atoms with Gasteiger partial charge in [-0.05, 0) is 95.6 Å². The first-order valence-electron chi connectivity index (χ1n) is 39.4. The molecule has 33 nitrogen and oxygen atoms in total. The van der Waals surface area contributed by atoms with Crippen LogP contribution in [0.2, 0.25) is 0 Å². The van der Waals surface area contributed by atoms with Crippen molar-refractivity contribution in [3.05, 3.63) is 410 Å². The Balaban J connectivity index is 0.000000302. The number of aromatic hydroxyl groups is 2. The van der Waals surface area contributed by atoms with Crippen molar-refractivity contribution in [2.45, 2.75) is 14.9 Å². The predicted octanol–water partition coefficient (Wildman–Crippen LogP) is 10.9. The normalized spacial score (nSPS) is 11.5. The molecule has 0 saturated heterocycles. The van der Waals surface area contributed by atoms with E-state index in [9.17, 15) is 82.4 Å². The average Bonchev–Trinajstić information content (AvgIpc) is 0.754. The quantitative estimate of drug-likeness (QED) is 0.00531. The molecule has 0 heterocycles. The second-order valence-corrected chi connectivity index (χ2v) is 28.0. The van der Waals surface area contributed by atoms with Crippen LogP contribution in [0.1, 0.15) is 215 Å². The first-order chi connectivity index (χ1) is 63.5. The fourth-order valence-corrected chi connectivity index (χ4v) is 14.2. The molecule has 0 saturated carbocycles. The summed E-state index contributed by atoms with van der Waals surface area (Å²) in [6, 6.07) is 35.8. The molecular formula is C103H86N4Na2O29. The average molecular weight is 1890 g/mol. The van der Waals surface area contributed by atoms with Gasteiger partial charge in [-0.15, -0.1) is 0 Å². The first-order valence-corrected chi connectivity index (χ1v) is 39.4. The van der Waals surface area contributed by atoms with Crippen molar-refractivity contribution >= 4 is 87.3 Å². The van der Waals surface area contributed by atoms with E-state index in [0.29, 0.717) is 17.0 Å². The first kappa shape index (κ1) is 112. The van der Waals surface area contributed by atoms with Gasteiger partial charge in [-0.25, -0.2) is 14.4 Å². The summed E-state index contributed by atoms with van der Waals surface area (Å²) in [5, 5.41) is 40.9. The van der Waals surface area contributed by atoms with Gasteiger partial charge in [0.1, 0.15) is 117 Å². The number of esters is 1. The van der Waals surface area contributed by atoms with Gasteiger partial charge < -0.3 is 79.7 Å². The van der Waals surface area contributed by atoms with E-state index >= 15 is 0 Å². The van der Waals surface area contributed by atoms with Crippen LogP contribution in [0.5, 0.6) is 57.5 Å². The Labute approximate surface area is 833 Å². The van der Waals surface area contributed by atoms with Crippen LogP contribution in [-0.4, -0.2) is 172 Å². The second-order valence-electron chi connectivity index (χ2n) is 28.0. The number of carbonyl (C=O) groups excluding carboxylic acids is 12. The monoisotopic (exact) mass is 1890 g/mol. The molecule has 0 unspecified atom stereocenters. The zero-order valence-corrected chi connectivity index (χ0v) is 76.8. The minimum Gasteiger partial charge on any atom is -0.870 e. The molecule has 0 radical (unpaired) electrons. The number of carbonyl (C=O) groups is 14. The zero-order chi connectivity index (χ0) is 95.5. The number of phenolic OH excluding ortho intramolecular Hbond substituents is 2. The summed E-state index contributed by atoms with van der Waals surface area (Å²) in [4.78, 5) is 179. The number of amides is 1. The molecule has 5 aliphatic carbocycles. The summed E-state index contributed by atoms with van der Waals surface area (Å²) in [6.07, 6.45) is 13.6. The number of carboxylic acids is 2. The number of carboxylic acid groups (broad SMARTS) is 2. The van der Waals surface area contributed by atoms with E-state index < -0.39 is 75.8 Å². The maximum atomic E-state index is 13.4. The van der Waals surface area contributed by atoms with Crippen LogP contribution in [0.25, 0.3) is 10.4 Å². The number of nitrogens with zero attached hydrogens (tertiary/aromatic N) is 3. The second kappa shape index (κ2) is 50.7. The molecular weight excluding hydrogens is 1800 g/mol. The molecule has 0 aliphatic heterocycles. The molecule has 0 aromatic heterocycles. The molecule has 10 aromatic rings. The number of nitrogens with two attached hydrogens (primary N) is 1. The number of ether oxygens (including phenoxy) is 9. The Morgan fingerprint density at radius 3 is 0.862 bits per heavy atom. The van der Waals surface area contributed by atoms with Gasteiger partial charge in [-0.1, -0.05) is 189 Å². The van der Waals surface area contributed by atoms with Crippen LogP contribution >= 0.6 is 0 Å². The summed E-state index contributed by atoms with van der Waals surface area (Å²) >= 11 is 0.